The van der Waals surface area contributed by atoms with Gasteiger partial charge in [-0.3, -0.25) is 0 Å². The predicted octanol–water partition coefficient (Wildman–Crippen LogP) is 4.13. The highest BCUT2D eigenvalue weighted by Gasteiger charge is 2.32. The standard InChI is InChI=1S/C24H31ClN2O5S2/c1-19-6-4-14-26(16-19)33(28,29)22-10-12-23(13-11-22)34(30,31)27(18-21-8-5-15-32-21)17-20-7-2-3-9-24(20)25/h2-3,7,9-13,19,21H,4-6,8,14-18H2,1H3/t19-,21+/m0/s1. The maximum atomic E-state index is 13.6. The van der Waals surface area contributed by atoms with Crippen LogP contribution >= 0.6 is 11.6 Å². The summed E-state index contributed by atoms with van der Waals surface area (Å²) in [6.07, 6.45) is 3.34. The van der Waals surface area contributed by atoms with Crippen molar-refractivity contribution in [3.8, 4) is 0 Å². The molecule has 2 aromatic rings. The number of sulfonamides is 2. The van der Waals surface area contributed by atoms with Gasteiger partial charge in [-0.25, -0.2) is 16.8 Å². The van der Waals surface area contributed by atoms with E-state index in [-0.39, 0.29) is 29.0 Å². The van der Waals surface area contributed by atoms with Gasteiger partial charge in [0, 0.05) is 37.8 Å². The number of rotatable bonds is 8. The van der Waals surface area contributed by atoms with Crippen LogP contribution in [0.15, 0.2) is 58.3 Å². The molecule has 0 aromatic heterocycles. The highest BCUT2D eigenvalue weighted by Crippen LogP contribution is 2.28. The first kappa shape index (κ1) is 25.6. The summed E-state index contributed by atoms with van der Waals surface area (Å²) < 4.78 is 61.9. The summed E-state index contributed by atoms with van der Waals surface area (Å²) in [5, 5.41) is 0.493. The third-order valence-electron chi connectivity index (χ3n) is 6.45. The number of hydrogen-bond donors (Lipinski definition) is 0. The third kappa shape index (κ3) is 5.66. The van der Waals surface area contributed by atoms with Gasteiger partial charge in [-0.2, -0.15) is 8.61 Å². The maximum Gasteiger partial charge on any atom is 0.243 e. The molecule has 0 aliphatic carbocycles. The molecule has 34 heavy (non-hydrogen) atoms. The second kappa shape index (κ2) is 10.6. The number of hydrogen-bond acceptors (Lipinski definition) is 5. The van der Waals surface area contributed by atoms with Crippen molar-refractivity contribution in [2.24, 2.45) is 5.92 Å². The smallest absolute Gasteiger partial charge is 0.243 e. The van der Waals surface area contributed by atoms with Crippen LogP contribution in [0.4, 0.5) is 0 Å². The molecule has 4 rings (SSSR count). The molecule has 0 amide bonds. The number of nitrogens with zero attached hydrogens (tertiary/aromatic N) is 2. The lowest BCUT2D eigenvalue weighted by Crippen LogP contribution is -2.39. The molecule has 10 heteroatoms. The van der Waals surface area contributed by atoms with Gasteiger partial charge >= 0.3 is 0 Å². The topological polar surface area (TPSA) is 84.0 Å². The van der Waals surface area contributed by atoms with Crippen molar-refractivity contribution < 1.29 is 21.6 Å². The fourth-order valence-electron chi connectivity index (χ4n) is 4.53. The van der Waals surface area contributed by atoms with Crippen LogP contribution < -0.4 is 0 Å². The summed E-state index contributed by atoms with van der Waals surface area (Å²) in [6, 6.07) is 12.7. The van der Waals surface area contributed by atoms with Gasteiger partial charge in [0.05, 0.1) is 15.9 Å². The summed E-state index contributed by atoms with van der Waals surface area (Å²) >= 11 is 6.31. The van der Waals surface area contributed by atoms with Crippen LogP contribution in [0.25, 0.3) is 0 Å². The zero-order chi connectivity index (χ0) is 24.3. The van der Waals surface area contributed by atoms with Gasteiger partial charge < -0.3 is 4.74 Å². The van der Waals surface area contributed by atoms with E-state index in [0.717, 1.165) is 25.7 Å². The summed E-state index contributed by atoms with van der Waals surface area (Å²) in [4.78, 5) is 0.154. The fraction of sp³-hybridized carbons (Fsp3) is 0.500. The van der Waals surface area contributed by atoms with E-state index in [1.165, 1.54) is 32.9 Å². The summed E-state index contributed by atoms with van der Waals surface area (Å²) in [6.45, 7) is 3.94. The van der Waals surface area contributed by atoms with Crippen LogP contribution in [-0.4, -0.2) is 57.8 Å². The molecule has 2 heterocycles. The fourth-order valence-corrected chi connectivity index (χ4v) is 7.77. The second-order valence-corrected chi connectivity index (χ2v) is 13.4. The Kier molecular flexibility index (Phi) is 8.01. The first-order valence-electron chi connectivity index (χ1n) is 11.6. The van der Waals surface area contributed by atoms with Crippen LogP contribution in [0.3, 0.4) is 0 Å². The predicted molar refractivity (Wildman–Crippen MR) is 132 cm³/mol. The number of benzene rings is 2. The first-order chi connectivity index (χ1) is 16.2. The Balaban J connectivity index is 1.60. The minimum absolute atomic E-state index is 0.0449. The van der Waals surface area contributed by atoms with Crippen LogP contribution in [0.2, 0.25) is 5.02 Å². The van der Waals surface area contributed by atoms with E-state index in [1.807, 2.05) is 13.0 Å². The second-order valence-electron chi connectivity index (χ2n) is 9.11. The number of ether oxygens (including phenoxy) is 1. The largest absolute Gasteiger partial charge is 0.377 e. The zero-order valence-corrected chi connectivity index (χ0v) is 21.7. The molecule has 7 nitrogen and oxygen atoms in total. The molecule has 0 unspecified atom stereocenters. The first-order valence-corrected chi connectivity index (χ1v) is 14.9. The minimum Gasteiger partial charge on any atom is -0.377 e. The van der Waals surface area contributed by atoms with Crippen LogP contribution in [-0.2, 0) is 31.3 Å². The van der Waals surface area contributed by atoms with Crippen molar-refractivity contribution in [2.45, 2.75) is 55.0 Å². The Morgan fingerprint density at radius 1 is 1.00 bits per heavy atom. The SMILES string of the molecule is C[C@H]1CCCN(S(=O)(=O)c2ccc(S(=O)(=O)N(Cc3ccccc3Cl)C[C@H]3CCCO3)cc2)C1. The van der Waals surface area contributed by atoms with Gasteiger partial charge in [-0.1, -0.05) is 36.7 Å². The van der Waals surface area contributed by atoms with E-state index in [9.17, 15) is 16.8 Å². The average Bonchev–Trinajstić information content (AvgIpc) is 3.33. The number of halogens is 1. The maximum absolute atomic E-state index is 13.6. The molecule has 2 saturated heterocycles. The van der Waals surface area contributed by atoms with Crippen LogP contribution in [0.5, 0.6) is 0 Å². The molecular weight excluding hydrogens is 496 g/mol. The molecule has 0 spiro atoms. The molecule has 0 bridgehead atoms. The Morgan fingerprint density at radius 3 is 2.35 bits per heavy atom. The Labute approximate surface area is 207 Å². The molecule has 2 fully saturated rings. The van der Waals surface area contributed by atoms with Crippen LogP contribution in [0, 0.1) is 5.92 Å². The van der Waals surface area contributed by atoms with Crippen molar-refractivity contribution in [3.63, 3.8) is 0 Å². The van der Waals surface area contributed by atoms with Gasteiger partial charge in [0.15, 0.2) is 0 Å². The zero-order valence-electron chi connectivity index (χ0n) is 19.3. The Morgan fingerprint density at radius 2 is 1.71 bits per heavy atom. The van der Waals surface area contributed by atoms with E-state index in [0.29, 0.717) is 36.2 Å². The van der Waals surface area contributed by atoms with Gasteiger partial charge in [-0.15, -0.1) is 0 Å². The number of piperidine rings is 1. The van der Waals surface area contributed by atoms with E-state index >= 15 is 0 Å². The van der Waals surface area contributed by atoms with Gasteiger partial charge in [0.2, 0.25) is 20.0 Å². The molecule has 0 radical (unpaired) electrons. The summed E-state index contributed by atoms with van der Waals surface area (Å²) in [7, 11) is -7.58. The summed E-state index contributed by atoms with van der Waals surface area (Å²) in [5.74, 6) is 0.305. The molecule has 2 aromatic carbocycles. The molecular formula is C24H31ClN2O5S2. The van der Waals surface area contributed by atoms with Gasteiger partial charge in [0.25, 0.3) is 0 Å². The molecule has 2 aliphatic heterocycles. The van der Waals surface area contributed by atoms with Crippen molar-refractivity contribution in [2.75, 3.05) is 26.2 Å². The molecule has 186 valence electrons. The lowest BCUT2D eigenvalue weighted by Gasteiger charge is -2.30. The minimum atomic E-state index is -3.91. The van der Waals surface area contributed by atoms with Crippen molar-refractivity contribution >= 4 is 31.6 Å². The highest BCUT2D eigenvalue weighted by molar-refractivity contribution is 7.89. The summed E-state index contributed by atoms with van der Waals surface area (Å²) in [5.41, 5.74) is 0.698. The van der Waals surface area contributed by atoms with E-state index < -0.39 is 20.0 Å². The van der Waals surface area contributed by atoms with Gasteiger partial charge in [0.1, 0.15) is 0 Å². The highest BCUT2D eigenvalue weighted by atomic mass is 35.5. The lowest BCUT2D eigenvalue weighted by molar-refractivity contribution is 0.0926. The molecule has 0 saturated carbocycles. The molecule has 0 N–H and O–H groups in total. The Hall–Kier alpha value is -1.49. The molecule has 2 atom stereocenters. The normalized spacial score (nSPS) is 22.3. The van der Waals surface area contributed by atoms with E-state index in [4.69, 9.17) is 16.3 Å². The van der Waals surface area contributed by atoms with E-state index in [2.05, 4.69) is 0 Å². The van der Waals surface area contributed by atoms with Gasteiger partial charge in [-0.05, 0) is 67.5 Å². The monoisotopic (exact) mass is 526 g/mol. The van der Waals surface area contributed by atoms with Crippen LogP contribution in [0.1, 0.15) is 38.2 Å². The van der Waals surface area contributed by atoms with Crippen molar-refractivity contribution in [1.29, 1.82) is 0 Å². The quantitative estimate of drug-likeness (QED) is 0.516. The average molecular weight is 527 g/mol. The molecule has 2 aliphatic rings. The van der Waals surface area contributed by atoms with Crippen molar-refractivity contribution in [3.05, 3.63) is 59.1 Å². The Bertz CT molecular complexity index is 1200. The van der Waals surface area contributed by atoms with E-state index in [1.54, 1.807) is 18.2 Å². The third-order valence-corrected chi connectivity index (χ3v) is 10.5. The lowest BCUT2D eigenvalue weighted by atomic mass is 10.0. The van der Waals surface area contributed by atoms with Crippen molar-refractivity contribution in [1.82, 2.24) is 8.61 Å².